The fraction of sp³-hybridized carbons (Fsp3) is 0.905. The minimum absolute atomic E-state index is 0.0518. The maximum atomic E-state index is 13.0. The highest BCUT2D eigenvalue weighted by Crippen LogP contribution is 2.30. The molecule has 2 saturated heterocycles. The smallest absolute Gasteiger partial charge is 0.242 e. The number of carbonyl (C=O) groups is 2. The van der Waals surface area contributed by atoms with Crippen LogP contribution in [0.5, 0.6) is 0 Å². The van der Waals surface area contributed by atoms with Crippen LogP contribution < -0.4 is 10.6 Å². The SMILES string of the molecule is C[C@H](CC1CCCCC1)C(=O)N1CCC[C@H]1C(=O)NCC1CCNCC1. The van der Waals surface area contributed by atoms with Crippen molar-refractivity contribution in [2.75, 3.05) is 26.2 Å². The number of likely N-dealkylation sites (tertiary alicyclic amines) is 1. The molecule has 0 unspecified atom stereocenters. The minimum Gasteiger partial charge on any atom is -0.354 e. The first-order valence-electron chi connectivity index (χ1n) is 10.9. The summed E-state index contributed by atoms with van der Waals surface area (Å²) in [5.74, 6) is 1.61. The monoisotopic (exact) mass is 363 g/mol. The van der Waals surface area contributed by atoms with Crippen molar-refractivity contribution in [1.29, 1.82) is 0 Å². The van der Waals surface area contributed by atoms with Crippen LogP contribution in [0.4, 0.5) is 0 Å². The second-order valence-electron chi connectivity index (χ2n) is 8.77. The molecule has 2 atom stereocenters. The van der Waals surface area contributed by atoms with Gasteiger partial charge in [0.2, 0.25) is 11.8 Å². The van der Waals surface area contributed by atoms with Crippen molar-refractivity contribution in [2.45, 2.75) is 77.2 Å². The van der Waals surface area contributed by atoms with Crippen molar-refractivity contribution >= 4 is 11.8 Å². The van der Waals surface area contributed by atoms with Crippen LogP contribution in [0.15, 0.2) is 0 Å². The minimum atomic E-state index is -0.238. The number of piperidine rings is 1. The molecular weight excluding hydrogens is 326 g/mol. The Bertz CT molecular complexity index is 470. The summed E-state index contributed by atoms with van der Waals surface area (Å²) in [4.78, 5) is 27.6. The normalized spacial score (nSPS) is 26.7. The van der Waals surface area contributed by atoms with E-state index in [1.807, 2.05) is 4.90 Å². The van der Waals surface area contributed by atoms with Crippen LogP contribution in [0.3, 0.4) is 0 Å². The molecule has 2 N–H and O–H groups in total. The van der Waals surface area contributed by atoms with E-state index >= 15 is 0 Å². The third-order valence-electron chi connectivity index (χ3n) is 6.70. The lowest BCUT2D eigenvalue weighted by Gasteiger charge is -2.30. The van der Waals surface area contributed by atoms with Crippen LogP contribution in [0.1, 0.15) is 71.1 Å². The molecule has 1 saturated carbocycles. The van der Waals surface area contributed by atoms with Gasteiger partial charge in [0, 0.05) is 19.0 Å². The molecule has 148 valence electrons. The Morgan fingerprint density at radius 1 is 1.00 bits per heavy atom. The van der Waals surface area contributed by atoms with Gasteiger partial charge in [-0.15, -0.1) is 0 Å². The number of hydrogen-bond acceptors (Lipinski definition) is 3. The molecule has 3 fully saturated rings. The van der Waals surface area contributed by atoms with Gasteiger partial charge in [0.05, 0.1) is 0 Å². The molecule has 5 nitrogen and oxygen atoms in total. The molecular formula is C21H37N3O2. The topological polar surface area (TPSA) is 61.4 Å². The van der Waals surface area contributed by atoms with E-state index in [0.29, 0.717) is 11.8 Å². The van der Waals surface area contributed by atoms with Crippen molar-refractivity contribution in [3.05, 3.63) is 0 Å². The molecule has 26 heavy (non-hydrogen) atoms. The third-order valence-corrected chi connectivity index (χ3v) is 6.70. The van der Waals surface area contributed by atoms with Gasteiger partial charge in [-0.25, -0.2) is 0 Å². The van der Waals surface area contributed by atoms with Crippen molar-refractivity contribution in [2.24, 2.45) is 17.8 Å². The summed E-state index contributed by atoms with van der Waals surface area (Å²) in [6.45, 7) is 5.68. The quantitative estimate of drug-likeness (QED) is 0.763. The number of amides is 2. The average Bonchev–Trinajstić information content (AvgIpc) is 3.17. The Labute approximate surface area is 158 Å². The van der Waals surface area contributed by atoms with Crippen molar-refractivity contribution in [1.82, 2.24) is 15.5 Å². The maximum Gasteiger partial charge on any atom is 0.242 e. The Morgan fingerprint density at radius 2 is 1.73 bits per heavy atom. The Morgan fingerprint density at radius 3 is 2.46 bits per heavy atom. The summed E-state index contributed by atoms with van der Waals surface area (Å²) in [6, 6.07) is -0.238. The van der Waals surface area contributed by atoms with Gasteiger partial charge in [-0.1, -0.05) is 39.0 Å². The molecule has 2 aliphatic heterocycles. The third kappa shape index (κ3) is 5.21. The predicted molar refractivity (Wildman–Crippen MR) is 104 cm³/mol. The molecule has 0 aromatic carbocycles. The molecule has 1 aliphatic carbocycles. The molecule has 0 spiro atoms. The molecule has 0 aromatic rings. The van der Waals surface area contributed by atoms with E-state index < -0.39 is 0 Å². The summed E-state index contributed by atoms with van der Waals surface area (Å²) in [6.07, 6.45) is 11.6. The van der Waals surface area contributed by atoms with Gasteiger partial charge in [-0.05, 0) is 57.0 Å². The molecule has 2 amide bonds. The zero-order chi connectivity index (χ0) is 18.4. The van der Waals surface area contributed by atoms with E-state index in [1.54, 1.807) is 0 Å². The van der Waals surface area contributed by atoms with Gasteiger partial charge in [0.1, 0.15) is 6.04 Å². The number of rotatable bonds is 6. The van der Waals surface area contributed by atoms with Crippen LogP contribution in [0.25, 0.3) is 0 Å². The van der Waals surface area contributed by atoms with Crippen molar-refractivity contribution in [3.8, 4) is 0 Å². The van der Waals surface area contributed by atoms with Crippen LogP contribution in [-0.4, -0.2) is 48.9 Å². The zero-order valence-corrected chi connectivity index (χ0v) is 16.5. The largest absolute Gasteiger partial charge is 0.354 e. The van der Waals surface area contributed by atoms with Crippen LogP contribution in [0.2, 0.25) is 0 Å². The Kier molecular flexibility index (Phi) is 7.35. The number of hydrogen-bond donors (Lipinski definition) is 2. The lowest BCUT2D eigenvalue weighted by molar-refractivity contribution is -0.141. The summed E-state index contributed by atoms with van der Waals surface area (Å²) < 4.78 is 0. The van der Waals surface area contributed by atoms with Gasteiger partial charge in [0.25, 0.3) is 0 Å². The van der Waals surface area contributed by atoms with Crippen molar-refractivity contribution < 1.29 is 9.59 Å². The maximum absolute atomic E-state index is 13.0. The van der Waals surface area contributed by atoms with Gasteiger partial charge in [-0.2, -0.15) is 0 Å². The Balaban J connectivity index is 1.47. The van der Waals surface area contributed by atoms with Crippen LogP contribution in [0, 0.1) is 17.8 Å². The molecule has 0 aromatic heterocycles. The Hall–Kier alpha value is -1.10. The molecule has 5 heteroatoms. The van der Waals surface area contributed by atoms with Gasteiger partial charge in [0.15, 0.2) is 0 Å². The lowest BCUT2D eigenvalue weighted by atomic mass is 9.83. The molecule has 0 radical (unpaired) electrons. The first-order valence-corrected chi connectivity index (χ1v) is 10.9. The number of carbonyl (C=O) groups excluding carboxylic acids is 2. The molecule has 2 heterocycles. The first kappa shape index (κ1) is 19.7. The summed E-state index contributed by atoms with van der Waals surface area (Å²) >= 11 is 0. The predicted octanol–water partition coefficient (Wildman–Crippen LogP) is 2.70. The van der Waals surface area contributed by atoms with E-state index in [-0.39, 0.29) is 23.8 Å². The highest BCUT2D eigenvalue weighted by molar-refractivity contribution is 5.89. The van der Waals surface area contributed by atoms with Crippen molar-refractivity contribution in [3.63, 3.8) is 0 Å². The molecule has 3 aliphatic rings. The molecule has 0 bridgehead atoms. The van der Waals surface area contributed by atoms with Gasteiger partial charge >= 0.3 is 0 Å². The van der Waals surface area contributed by atoms with E-state index in [9.17, 15) is 9.59 Å². The van der Waals surface area contributed by atoms with E-state index in [0.717, 1.165) is 58.3 Å². The zero-order valence-electron chi connectivity index (χ0n) is 16.5. The summed E-state index contributed by atoms with van der Waals surface area (Å²) in [7, 11) is 0. The van der Waals surface area contributed by atoms with E-state index in [1.165, 1.54) is 32.1 Å². The number of nitrogens with one attached hydrogen (secondary N) is 2. The summed E-state index contributed by atoms with van der Waals surface area (Å²) in [5, 5.41) is 6.50. The lowest BCUT2D eigenvalue weighted by Crippen LogP contribution is -2.49. The average molecular weight is 364 g/mol. The fourth-order valence-corrected chi connectivity index (χ4v) is 5.06. The first-order chi connectivity index (χ1) is 12.6. The second-order valence-corrected chi connectivity index (χ2v) is 8.77. The summed E-state index contributed by atoms with van der Waals surface area (Å²) in [5.41, 5.74) is 0. The van der Waals surface area contributed by atoms with Crippen LogP contribution in [-0.2, 0) is 9.59 Å². The molecule has 3 rings (SSSR count). The van der Waals surface area contributed by atoms with Gasteiger partial charge in [-0.3, -0.25) is 9.59 Å². The second kappa shape index (κ2) is 9.72. The highest BCUT2D eigenvalue weighted by Gasteiger charge is 2.36. The fourth-order valence-electron chi connectivity index (χ4n) is 5.06. The van der Waals surface area contributed by atoms with Crippen LogP contribution >= 0.6 is 0 Å². The van der Waals surface area contributed by atoms with E-state index in [4.69, 9.17) is 0 Å². The van der Waals surface area contributed by atoms with E-state index in [2.05, 4.69) is 17.6 Å². The standard InChI is InChI=1S/C21H37N3O2/c1-16(14-17-6-3-2-4-7-17)21(26)24-13-5-8-19(24)20(25)23-15-18-9-11-22-12-10-18/h16-19,22H,2-15H2,1H3,(H,23,25)/t16-,19+/m1/s1. The number of nitrogens with zero attached hydrogens (tertiary/aromatic N) is 1. The van der Waals surface area contributed by atoms with Gasteiger partial charge < -0.3 is 15.5 Å². The highest BCUT2D eigenvalue weighted by atomic mass is 16.2.